The van der Waals surface area contributed by atoms with Crippen LogP contribution in [0.2, 0.25) is 0 Å². The molecule has 0 amide bonds. The number of ketones is 1. The Morgan fingerprint density at radius 1 is 1.04 bits per heavy atom. The number of halogens is 1. The van der Waals surface area contributed by atoms with Gasteiger partial charge in [-0.3, -0.25) is 4.79 Å². The number of methoxy groups -OCH3 is 3. The van der Waals surface area contributed by atoms with E-state index in [-0.39, 0.29) is 23.3 Å². The third kappa shape index (κ3) is 4.06. The van der Waals surface area contributed by atoms with Crippen LogP contribution in [0.1, 0.15) is 15.9 Å². The van der Waals surface area contributed by atoms with Gasteiger partial charge in [0, 0.05) is 17.7 Å². The van der Waals surface area contributed by atoms with Crippen LogP contribution in [0.4, 0.5) is 4.39 Å². The van der Waals surface area contributed by atoms with Gasteiger partial charge in [-0.05, 0) is 23.8 Å². The highest BCUT2D eigenvalue weighted by atomic mass is 19.1. The SMILES string of the molecule is COc1cc(C(=O)/C=C/c2ccc(OC)c(F)c2)cc(OC)n1. The van der Waals surface area contributed by atoms with Gasteiger partial charge in [0.15, 0.2) is 17.3 Å². The molecule has 120 valence electrons. The first-order valence-corrected chi connectivity index (χ1v) is 6.73. The lowest BCUT2D eigenvalue weighted by atomic mass is 10.1. The first-order valence-electron chi connectivity index (χ1n) is 6.73. The van der Waals surface area contributed by atoms with Gasteiger partial charge in [0.25, 0.3) is 0 Å². The molecule has 0 unspecified atom stereocenters. The van der Waals surface area contributed by atoms with Crippen molar-refractivity contribution in [3.8, 4) is 17.5 Å². The Hall–Kier alpha value is -2.89. The number of ether oxygens (including phenoxy) is 3. The molecule has 2 rings (SSSR count). The number of nitrogens with zero attached hydrogens (tertiary/aromatic N) is 1. The quantitative estimate of drug-likeness (QED) is 0.605. The fourth-order valence-corrected chi connectivity index (χ4v) is 1.89. The van der Waals surface area contributed by atoms with Crippen LogP contribution in [0.15, 0.2) is 36.4 Å². The Labute approximate surface area is 133 Å². The van der Waals surface area contributed by atoms with Crippen molar-refractivity contribution in [1.29, 1.82) is 0 Å². The summed E-state index contributed by atoms with van der Waals surface area (Å²) in [6.07, 6.45) is 2.86. The number of aromatic nitrogens is 1. The average molecular weight is 317 g/mol. The van der Waals surface area contributed by atoms with Gasteiger partial charge in [0.2, 0.25) is 11.8 Å². The minimum atomic E-state index is -0.491. The molecule has 0 fully saturated rings. The summed E-state index contributed by atoms with van der Waals surface area (Å²) < 4.78 is 28.5. The van der Waals surface area contributed by atoms with Crippen LogP contribution in [0.5, 0.6) is 17.5 Å². The highest BCUT2D eigenvalue weighted by Crippen LogP contribution is 2.20. The molecule has 0 atom stereocenters. The average Bonchev–Trinajstić information content (AvgIpc) is 2.59. The fraction of sp³-hybridized carbons (Fsp3) is 0.176. The van der Waals surface area contributed by atoms with E-state index in [9.17, 15) is 9.18 Å². The molecule has 0 radical (unpaired) electrons. The summed E-state index contributed by atoms with van der Waals surface area (Å²) in [5.41, 5.74) is 0.906. The zero-order chi connectivity index (χ0) is 16.8. The standard InChI is InChI=1S/C17H16FNO4/c1-21-15-7-5-11(8-13(15)18)4-6-14(20)12-9-16(22-2)19-17(10-12)23-3/h4-10H,1-3H3/b6-4+. The second kappa shape index (κ2) is 7.40. The highest BCUT2D eigenvalue weighted by molar-refractivity contribution is 6.07. The summed E-state index contributed by atoms with van der Waals surface area (Å²) in [7, 11) is 4.29. The molecule has 0 spiro atoms. The van der Waals surface area contributed by atoms with E-state index in [4.69, 9.17) is 14.2 Å². The molecule has 0 saturated carbocycles. The van der Waals surface area contributed by atoms with Crippen molar-refractivity contribution in [1.82, 2.24) is 4.98 Å². The van der Waals surface area contributed by atoms with Crippen LogP contribution >= 0.6 is 0 Å². The van der Waals surface area contributed by atoms with E-state index >= 15 is 0 Å². The minimum absolute atomic E-state index is 0.150. The van der Waals surface area contributed by atoms with Gasteiger partial charge in [0.05, 0.1) is 21.3 Å². The maximum Gasteiger partial charge on any atom is 0.216 e. The number of carbonyl (C=O) groups is 1. The molecule has 0 bridgehead atoms. The van der Waals surface area contributed by atoms with Crippen molar-refractivity contribution < 1.29 is 23.4 Å². The molecule has 5 nitrogen and oxygen atoms in total. The van der Waals surface area contributed by atoms with Crippen molar-refractivity contribution >= 4 is 11.9 Å². The zero-order valence-corrected chi connectivity index (χ0v) is 13.0. The smallest absolute Gasteiger partial charge is 0.216 e. The van der Waals surface area contributed by atoms with E-state index in [1.54, 1.807) is 6.07 Å². The Bertz CT molecular complexity index is 721. The number of rotatable bonds is 6. The maximum absolute atomic E-state index is 13.6. The van der Waals surface area contributed by atoms with Crippen molar-refractivity contribution in [3.05, 3.63) is 53.4 Å². The lowest BCUT2D eigenvalue weighted by molar-refractivity contribution is 0.104. The van der Waals surface area contributed by atoms with Gasteiger partial charge >= 0.3 is 0 Å². The number of benzene rings is 1. The summed E-state index contributed by atoms with van der Waals surface area (Å²) in [6.45, 7) is 0. The van der Waals surface area contributed by atoms with Crippen molar-refractivity contribution in [2.24, 2.45) is 0 Å². The molecule has 2 aromatic rings. The molecule has 23 heavy (non-hydrogen) atoms. The van der Waals surface area contributed by atoms with E-state index in [2.05, 4.69) is 4.98 Å². The molecular formula is C17H16FNO4. The van der Waals surface area contributed by atoms with E-state index in [1.165, 1.54) is 57.7 Å². The zero-order valence-electron chi connectivity index (χ0n) is 13.0. The van der Waals surface area contributed by atoms with E-state index in [1.807, 2.05) is 0 Å². The topological polar surface area (TPSA) is 57.7 Å². The Morgan fingerprint density at radius 2 is 1.70 bits per heavy atom. The predicted molar refractivity (Wildman–Crippen MR) is 83.7 cm³/mol. The first-order chi connectivity index (χ1) is 11.1. The van der Waals surface area contributed by atoms with E-state index in [0.717, 1.165) is 0 Å². The third-order valence-electron chi connectivity index (χ3n) is 3.08. The molecular weight excluding hydrogens is 301 g/mol. The summed E-state index contributed by atoms with van der Waals surface area (Å²) >= 11 is 0. The molecule has 0 aliphatic rings. The van der Waals surface area contributed by atoms with Crippen LogP contribution in [-0.4, -0.2) is 32.1 Å². The minimum Gasteiger partial charge on any atom is -0.494 e. The summed E-state index contributed by atoms with van der Waals surface area (Å²) in [5, 5.41) is 0. The van der Waals surface area contributed by atoms with Crippen molar-refractivity contribution in [2.45, 2.75) is 0 Å². The van der Waals surface area contributed by atoms with Gasteiger partial charge in [-0.15, -0.1) is 0 Å². The van der Waals surface area contributed by atoms with Gasteiger partial charge in [-0.1, -0.05) is 12.1 Å². The Morgan fingerprint density at radius 3 is 2.22 bits per heavy atom. The van der Waals surface area contributed by atoms with E-state index < -0.39 is 5.82 Å². The van der Waals surface area contributed by atoms with Gasteiger partial charge in [-0.25, -0.2) is 4.39 Å². The molecule has 1 aromatic carbocycles. The van der Waals surface area contributed by atoms with Gasteiger partial charge in [-0.2, -0.15) is 4.98 Å². The number of allylic oxidation sites excluding steroid dienone is 1. The summed E-state index contributed by atoms with van der Waals surface area (Å²) in [6, 6.07) is 7.45. The van der Waals surface area contributed by atoms with E-state index in [0.29, 0.717) is 11.1 Å². The van der Waals surface area contributed by atoms with Crippen LogP contribution in [0.25, 0.3) is 6.08 Å². The highest BCUT2D eigenvalue weighted by Gasteiger charge is 2.09. The number of pyridine rings is 1. The fourth-order valence-electron chi connectivity index (χ4n) is 1.89. The second-order valence-corrected chi connectivity index (χ2v) is 4.53. The molecule has 6 heteroatoms. The lowest BCUT2D eigenvalue weighted by Crippen LogP contribution is -1.99. The molecule has 0 N–H and O–H groups in total. The van der Waals surface area contributed by atoms with Crippen LogP contribution in [0.3, 0.4) is 0 Å². The second-order valence-electron chi connectivity index (χ2n) is 4.53. The van der Waals surface area contributed by atoms with Crippen LogP contribution in [-0.2, 0) is 0 Å². The lowest BCUT2D eigenvalue weighted by Gasteiger charge is -2.05. The maximum atomic E-state index is 13.6. The molecule has 0 saturated heterocycles. The molecule has 1 aromatic heterocycles. The molecule has 1 heterocycles. The number of carbonyl (C=O) groups excluding carboxylic acids is 1. The summed E-state index contributed by atoms with van der Waals surface area (Å²) in [4.78, 5) is 16.2. The normalized spacial score (nSPS) is 10.6. The number of hydrogen-bond acceptors (Lipinski definition) is 5. The van der Waals surface area contributed by atoms with Crippen LogP contribution in [0, 0.1) is 5.82 Å². The predicted octanol–water partition coefficient (Wildman–Crippen LogP) is 3.14. The van der Waals surface area contributed by atoms with Gasteiger partial charge < -0.3 is 14.2 Å². The number of hydrogen-bond donors (Lipinski definition) is 0. The van der Waals surface area contributed by atoms with Crippen molar-refractivity contribution in [2.75, 3.05) is 21.3 Å². The Kier molecular flexibility index (Phi) is 5.30. The monoisotopic (exact) mass is 317 g/mol. The van der Waals surface area contributed by atoms with Crippen molar-refractivity contribution in [3.63, 3.8) is 0 Å². The largest absolute Gasteiger partial charge is 0.494 e. The van der Waals surface area contributed by atoms with Gasteiger partial charge in [0.1, 0.15) is 0 Å². The molecule has 0 aliphatic heterocycles. The Balaban J connectivity index is 2.22. The third-order valence-corrected chi connectivity index (χ3v) is 3.08. The first kappa shape index (κ1) is 16.5. The summed E-state index contributed by atoms with van der Waals surface area (Å²) in [5.74, 6) is -0.0696. The van der Waals surface area contributed by atoms with Crippen LogP contribution < -0.4 is 14.2 Å². The molecule has 0 aliphatic carbocycles.